The van der Waals surface area contributed by atoms with E-state index in [1.807, 2.05) is 17.8 Å². The number of nitrogens with zero attached hydrogens (tertiary/aromatic N) is 3. The van der Waals surface area contributed by atoms with E-state index in [0.29, 0.717) is 0 Å². The van der Waals surface area contributed by atoms with Crippen LogP contribution in [-0.4, -0.2) is 16.2 Å². The van der Waals surface area contributed by atoms with Crippen molar-refractivity contribution < 1.29 is 0 Å². The van der Waals surface area contributed by atoms with Gasteiger partial charge in [-0.2, -0.15) is 0 Å². The lowest BCUT2D eigenvalue weighted by Crippen LogP contribution is -2.36. The van der Waals surface area contributed by atoms with Gasteiger partial charge in [-0.05, 0) is 92.0 Å². The summed E-state index contributed by atoms with van der Waals surface area (Å²) in [5.74, 6) is 1.58. The second-order valence-electron chi connectivity index (χ2n) is 18.1. The van der Waals surface area contributed by atoms with Crippen LogP contribution in [0.1, 0.15) is 45.1 Å². The predicted molar refractivity (Wildman–Crippen MR) is 285 cm³/mol. The smallest absolute Gasteiger partial charge is 0.169 e. The number of para-hydroxylation sites is 2. The van der Waals surface area contributed by atoms with Gasteiger partial charge in [-0.25, -0.2) is 9.98 Å². The molecule has 1 aromatic heterocycles. The first-order chi connectivity index (χ1) is 34.2. The van der Waals surface area contributed by atoms with Gasteiger partial charge in [0.05, 0.1) is 16.4 Å². The molecule has 1 aliphatic carbocycles. The molecule has 0 saturated heterocycles. The van der Waals surface area contributed by atoms with Crippen LogP contribution in [0.25, 0.3) is 60.9 Å². The standard InChI is InChI=1S/C64H42N4S/c1-2-16-44(17-3-1)61-65-62(67-63(66-61)46-18-14-19-47(40-46)68-56-28-10-5-20-49(56)50-21-6-11-29-57(50)68)45-38-34-42(35-39-45)41-32-36-43(37-33-41)48-23-15-27-55-60(48)51-22-4-7-24-52(51)64(55)53-25-8-12-30-58(53)69-59-31-13-9-26-54(59)64/h1-40,63H,(H,65,66,67). The molecule has 3 heterocycles. The van der Waals surface area contributed by atoms with Crippen molar-refractivity contribution in [3.05, 3.63) is 282 Å². The third-order valence-electron chi connectivity index (χ3n) is 14.4. The Morgan fingerprint density at radius 1 is 0.391 bits per heavy atom. The molecule has 1 atom stereocenters. The monoisotopic (exact) mass is 898 g/mol. The van der Waals surface area contributed by atoms with Gasteiger partial charge in [0.25, 0.3) is 0 Å². The van der Waals surface area contributed by atoms with Crippen molar-refractivity contribution in [3.63, 3.8) is 0 Å². The topological polar surface area (TPSA) is 41.7 Å². The Hall–Kier alpha value is -8.51. The second kappa shape index (κ2) is 15.8. The van der Waals surface area contributed by atoms with Crippen molar-refractivity contribution in [2.45, 2.75) is 21.4 Å². The molecular weight excluding hydrogens is 857 g/mol. The molecule has 10 aromatic carbocycles. The van der Waals surface area contributed by atoms with Crippen LogP contribution in [0.4, 0.5) is 0 Å². The fourth-order valence-electron chi connectivity index (χ4n) is 11.3. The number of hydrogen-bond donors (Lipinski definition) is 1. The number of hydrogen-bond acceptors (Lipinski definition) is 4. The zero-order valence-electron chi connectivity index (χ0n) is 37.4. The fourth-order valence-corrected chi connectivity index (χ4v) is 12.5. The minimum absolute atomic E-state index is 0.398. The molecule has 1 unspecified atom stereocenters. The summed E-state index contributed by atoms with van der Waals surface area (Å²) in [5, 5.41) is 6.09. The highest BCUT2D eigenvalue weighted by atomic mass is 32.2. The third-order valence-corrected chi connectivity index (χ3v) is 15.5. The van der Waals surface area contributed by atoms with Crippen molar-refractivity contribution in [2.75, 3.05) is 0 Å². The Kier molecular flexibility index (Phi) is 9.08. The van der Waals surface area contributed by atoms with Gasteiger partial charge < -0.3 is 9.88 Å². The number of rotatable bonds is 6. The van der Waals surface area contributed by atoms with Gasteiger partial charge in [-0.3, -0.25) is 0 Å². The summed E-state index contributed by atoms with van der Waals surface area (Å²) in [4.78, 5) is 13.2. The van der Waals surface area contributed by atoms with Gasteiger partial charge in [0, 0.05) is 42.9 Å². The number of aliphatic imine (C=N–C) groups is 2. The van der Waals surface area contributed by atoms with Crippen LogP contribution >= 0.6 is 11.8 Å². The lowest BCUT2D eigenvalue weighted by molar-refractivity contribution is 0.722. The Morgan fingerprint density at radius 2 is 0.884 bits per heavy atom. The average Bonchev–Trinajstić information content (AvgIpc) is 3.92. The van der Waals surface area contributed by atoms with E-state index in [1.54, 1.807) is 0 Å². The molecule has 69 heavy (non-hydrogen) atoms. The van der Waals surface area contributed by atoms with Crippen LogP contribution in [0.3, 0.4) is 0 Å². The van der Waals surface area contributed by atoms with E-state index in [4.69, 9.17) is 9.98 Å². The number of benzene rings is 10. The van der Waals surface area contributed by atoms with E-state index in [1.165, 1.54) is 76.1 Å². The van der Waals surface area contributed by atoms with E-state index in [0.717, 1.165) is 45.2 Å². The number of aromatic nitrogens is 1. The second-order valence-corrected chi connectivity index (χ2v) is 19.1. The summed E-state index contributed by atoms with van der Waals surface area (Å²) in [5.41, 5.74) is 18.8. The van der Waals surface area contributed by atoms with Crippen LogP contribution < -0.4 is 5.32 Å². The van der Waals surface area contributed by atoms with E-state index < -0.39 is 11.6 Å². The van der Waals surface area contributed by atoms with Crippen LogP contribution in [0.2, 0.25) is 0 Å². The molecule has 0 fully saturated rings. The average molecular weight is 899 g/mol. The maximum Gasteiger partial charge on any atom is 0.169 e. The SMILES string of the molecule is c1ccc(C2=NC(c3cccc(-n4c5ccccc5c5ccccc54)c3)N=C(c3ccc(-c4ccc(-c5cccc6c5-c5ccccc5C65c6ccccc6Sc6ccccc65)cc4)cc3)N2)cc1. The first-order valence-corrected chi connectivity index (χ1v) is 24.4. The quantitative estimate of drug-likeness (QED) is 0.181. The lowest BCUT2D eigenvalue weighted by atomic mass is 9.67. The zero-order chi connectivity index (χ0) is 45.5. The molecule has 0 saturated carbocycles. The van der Waals surface area contributed by atoms with E-state index in [2.05, 4.69) is 246 Å². The third kappa shape index (κ3) is 6.17. The fraction of sp³-hybridized carbons (Fsp3) is 0.0312. The van der Waals surface area contributed by atoms with E-state index in [-0.39, 0.29) is 0 Å². The maximum absolute atomic E-state index is 5.30. The Balaban J connectivity index is 0.807. The molecule has 3 aliphatic rings. The number of nitrogens with one attached hydrogen (secondary N) is 1. The summed E-state index contributed by atoms with van der Waals surface area (Å²) >= 11 is 1.88. The van der Waals surface area contributed by atoms with E-state index in [9.17, 15) is 0 Å². The summed E-state index contributed by atoms with van der Waals surface area (Å²) < 4.78 is 2.35. The molecule has 4 nitrogen and oxygen atoms in total. The summed E-state index contributed by atoms with van der Waals surface area (Å²) in [6, 6.07) is 88.1. The first-order valence-electron chi connectivity index (χ1n) is 23.6. The van der Waals surface area contributed by atoms with Crippen LogP contribution in [0, 0.1) is 0 Å². The molecule has 0 amide bonds. The highest BCUT2D eigenvalue weighted by Gasteiger charge is 2.50. The molecule has 0 radical (unpaired) electrons. The highest BCUT2D eigenvalue weighted by Crippen LogP contribution is 2.63. The molecule has 1 spiro atoms. The van der Waals surface area contributed by atoms with Crippen molar-refractivity contribution >= 4 is 45.2 Å². The zero-order valence-corrected chi connectivity index (χ0v) is 38.2. The Bertz CT molecular complexity index is 3800. The molecule has 2 aliphatic heterocycles. The van der Waals surface area contributed by atoms with Gasteiger partial charge >= 0.3 is 0 Å². The van der Waals surface area contributed by atoms with Gasteiger partial charge in [0.1, 0.15) is 11.7 Å². The van der Waals surface area contributed by atoms with Crippen LogP contribution in [0.5, 0.6) is 0 Å². The molecule has 324 valence electrons. The molecule has 11 aromatic rings. The van der Waals surface area contributed by atoms with Gasteiger partial charge in [0.15, 0.2) is 6.17 Å². The van der Waals surface area contributed by atoms with Crippen molar-refractivity contribution in [2.24, 2.45) is 9.98 Å². The molecule has 1 N–H and O–H groups in total. The van der Waals surface area contributed by atoms with Crippen LogP contribution in [-0.2, 0) is 5.41 Å². The lowest BCUT2D eigenvalue weighted by Gasteiger charge is -2.39. The summed E-state index contributed by atoms with van der Waals surface area (Å²) in [7, 11) is 0. The minimum atomic E-state index is -0.445. The van der Waals surface area contributed by atoms with Crippen molar-refractivity contribution in [1.82, 2.24) is 9.88 Å². The van der Waals surface area contributed by atoms with Gasteiger partial charge in [0.2, 0.25) is 0 Å². The van der Waals surface area contributed by atoms with Crippen molar-refractivity contribution in [3.8, 4) is 39.1 Å². The summed E-state index contributed by atoms with van der Waals surface area (Å²) in [6.45, 7) is 0. The first kappa shape index (κ1) is 39.6. The maximum atomic E-state index is 5.30. The van der Waals surface area contributed by atoms with Gasteiger partial charge in [-0.1, -0.05) is 218 Å². The number of amidine groups is 2. The van der Waals surface area contributed by atoms with Crippen molar-refractivity contribution in [1.29, 1.82) is 0 Å². The molecule has 0 bridgehead atoms. The molecular formula is C64H42N4S. The number of fused-ring (bicyclic) bond motifs is 12. The Morgan fingerprint density at radius 3 is 1.55 bits per heavy atom. The predicted octanol–water partition coefficient (Wildman–Crippen LogP) is 15.4. The molecule has 14 rings (SSSR count). The normalized spacial score (nSPS) is 15.2. The Labute approximate surface area is 405 Å². The van der Waals surface area contributed by atoms with E-state index >= 15 is 0 Å². The van der Waals surface area contributed by atoms with Crippen LogP contribution in [0.15, 0.2) is 262 Å². The highest BCUT2D eigenvalue weighted by molar-refractivity contribution is 7.99. The molecule has 5 heteroatoms. The summed E-state index contributed by atoms with van der Waals surface area (Å²) in [6.07, 6.45) is -0.445. The largest absolute Gasteiger partial charge is 0.324 e. The van der Waals surface area contributed by atoms with Gasteiger partial charge in [-0.15, -0.1) is 0 Å². The minimum Gasteiger partial charge on any atom is -0.324 e.